The smallest absolute Gasteiger partial charge is 0.224 e. The molecule has 0 aliphatic heterocycles. The Kier molecular flexibility index (Phi) is 7.69. The molecule has 0 spiro atoms. The summed E-state index contributed by atoms with van der Waals surface area (Å²) < 4.78 is 10.4. The highest BCUT2D eigenvalue weighted by Crippen LogP contribution is 2.18. The number of methoxy groups -OCH3 is 1. The second-order valence-electron chi connectivity index (χ2n) is 4.80. The zero-order valence-electron chi connectivity index (χ0n) is 12.2. The van der Waals surface area contributed by atoms with Crippen molar-refractivity contribution in [2.45, 2.75) is 19.8 Å². The van der Waals surface area contributed by atoms with Gasteiger partial charge in [-0.2, -0.15) is 0 Å². The first-order chi connectivity index (χ1) is 9.65. The van der Waals surface area contributed by atoms with Gasteiger partial charge in [0.05, 0.1) is 6.61 Å². The molecule has 0 aliphatic carbocycles. The molecule has 1 rings (SSSR count). The molecule has 0 fully saturated rings. The van der Waals surface area contributed by atoms with Crippen molar-refractivity contribution in [3.05, 3.63) is 24.3 Å². The van der Waals surface area contributed by atoms with Crippen LogP contribution in [0.15, 0.2) is 24.3 Å². The first kappa shape index (κ1) is 16.5. The van der Waals surface area contributed by atoms with E-state index in [4.69, 9.17) is 15.2 Å². The van der Waals surface area contributed by atoms with Crippen LogP contribution in [-0.4, -0.2) is 32.8 Å². The van der Waals surface area contributed by atoms with E-state index in [9.17, 15) is 4.79 Å². The summed E-state index contributed by atoms with van der Waals surface area (Å²) in [7, 11) is 1.63. The zero-order valence-corrected chi connectivity index (χ0v) is 12.2. The Bertz CT molecular complexity index is 410. The lowest BCUT2D eigenvalue weighted by molar-refractivity contribution is -0.116. The van der Waals surface area contributed by atoms with Gasteiger partial charge in [-0.1, -0.05) is 13.0 Å². The van der Waals surface area contributed by atoms with Crippen molar-refractivity contribution in [1.29, 1.82) is 0 Å². The highest BCUT2D eigenvalue weighted by molar-refractivity contribution is 5.90. The maximum Gasteiger partial charge on any atom is 0.224 e. The molecule has 0 radical (unpaired) electrons. The molecule has 1 amide bonds. The van der Waals surface area contributed by atoms with Gasteiger partial charge in [-0.3, -0.25) is 4.79 Å². The Morgan fingerprint density at radius 3 is 2.90 bits per heavy atom. The molecule has 0 aliphatic rings. The maximum absolute atomic E-state index is 11.8. The highest BCUT2D eigenvalue weighted by atomic mass is 16.5. The fourth-order valence-corrected chi connectivity index (χ4v) is 1.63. The second-order valence-corrected chi connectivity index (χ2v) is 4.80. The Labute approximate surface area is 120 Å². The number of amides is 1. The van der Waals surface area contributed by atoms with Gasteiger partial charge in [0, 0.05) is 25.3 Å². The standard InChI is InChI=1S/C15H24N2O3/c1-12(11-16)6-7-15(18)17-13-4-3-5-14(10-13)20-9-8-19-2/h3-5,10,12H,6-9,11,16H2,1-2H3,(H,17,18). The number of nitrogens with one attached hydrogen (secondary N) is 1. The minimum absolute atomic E-state index is 0.000610. The first-order valence-corrected chi connectivity index (χ1v) is 6.87. The Morgan fingerprint density at radius 1 is 1.40 bits per heavy atom. The van der Waals surface area contributed by atoms with Crippen molar-refractivity contribution >= 4 is 11.6 Å². The number of nitrogens with two attached hydrogens (primary N) is 1. The topological polar surface area (TPSA) is 73.6 Å². The largest absolute Gasteiger partial charge is 0.491 e. The van der Waals surface area contributed by atoms with Crippen LogP contribution < -0.4 is 15.8 Å². The average molecular weight is 280 g/mol. The van der Waals surface area contributed by atoms with Gasteiger partial charge in [0.25, 0.3) is 0 Å². The average Bonchev–Trinajstić information content (AvgIpc) is 2.45. The Hall–Kier alpha value is -1.59. The molecule has 0 bridgehead atoms. The van der Waals surface area contributed by atoms with Crippen LogP contribution in [0.1, 0.15) is 19.8 Å². The van der Waals surface area contributed by atoms with E-state index >= 15 is 0 Å². The van der Waals surface area contributed by atoms with Crippen LogP contribution in [0.4, 0.5) is 5.69 Å². The molecular formula is C15H24N2O3. The van der Waals surface area contributed by atoms with Crippen molar-refractivity contribution in [3.63, 3.8) is 0 Å². The van der Waals surface area contributed by atoms with Gasteiger partial charge >= 0.3 is 0 Å². The number of ether oxygens (including phenoxy) is 2. The Morgan fingerprint density at radius 2 is 2.20 bits per heavy atom. The molecule has 5 nitrogen and oxygen atoms in total. The van der Waals surface area contributed by atoms with Gasteiger partial charge < -0.3 is 20.5 Å². The van der Waals surface area contributed by atoms with Gasteiger partial charge in [0.1, 0.15) is 12.4 Å². The minimum atomic E-state index is -0.000610. The molecule has 0 aromatic heterocycles. The van der Waals surface area contributed by atoms with Gasteiger partial charge in [-0.05, 0) is 31.0 Å². The van der Waals surface area contributed by atoms with Crippen LogP contribution in [-0.2, 0) is 9.53 Å². The van der Waals surface area contributed by atoms with Crippen LogP contribution in [0, 0.1) is 5.92 Å². The van der Waals surface area contributed by atoms with Gasteiger partial charge in [0.2, 0.25) is 5.91 Å². The predicted molar refractivity (Wildman–Crippen MR) is 79.9 cm³/mol. The third kappa shape index (κ3) is 6.54. The number of hydrogen-bond donors (Lipinski definition) is 2. The molecule has 1 aromatic rings. The maximum atomic E-state index is 11.8. The number of carbonyl (C=O) groups is 1. The molecule has 1 unspecified atom stereocenters. The normalized spacial score (nSPS) is 11.9. The van der Waals surface area contributed by atoms with Crippen molar-refractivity contribution in [1.82, 2.24) is 0 Å². The van der Waals surface area contributed by atoms with E-state index in [0.717, 1.165) is 17.9 Å². The number of anilines is 1. The lowest BCUT2D eigenvalue weighted by Gasteiger charge is -2.10. The van der Waals surface area contributed by atoms with E-state index in [-0.39, 0.29) is 5.91 Å². The summed E-state index contributed by atoms with van der Waals surface area (Å²) in [5.74, 6) is 1.08. The lowest BCUT2D eigenvalue weighted by atomic mass is 10.1. The second kappa shape index (κ2) is 9.34. The number of carbonyl (C=O) groups excluding carboxylic acids is 1. The molecule has 1 aromatic carbocycles. The van der Waals surface area contributed by atoms with E-state index in [1.54, 1.807) is 13.2 Å². The van der Waals surface area contributed by atoms with E-state index < -0.39 is 0 Å². The summed E-state index contributed by atoms with van der Waals surface area (Å²) >= 11 is 0. The summed E-state index contributed by atoms with van der Waals surface area (Å²) in [5.41, 5.74) is 6.27. The summed E-state index contributed by atoms with van der Waals surface area (Å²) in [6, 6.07) is 7.34. The summed E-state index contributed by atoms with van der Waals surface area (Å²) in [6.45, 7) is 3.67. The predicted octanol–water partition coefficient (Wildman–Crippen LogP) is 2.03. The molecule has 0 heterocycles. The molecule has 5 heteroatoms. The number of benzene rings is 1. The van der Waals surface area contributed by atoms with Crippen LogP contribution in [0.3, 0.4) is 0 Å². The van der Waals surface area contributed by atoms with Gasteiger partial charge in [-0.25, -0.2) is 0 Å². The fraction of sp³-hybridized carbons (Fsp3) is 0.533. The van der Waals surface area contributed by atoms with Gasteiger partial charge in [0.15, 0.2) is 0 Å². The lowest BCUT2D eigenvalue weighted by Crippen LogP contribution is -2.16. The molecule has 0 saturated carbocycles. The van der Waals surface area contributed by atoms with Crippen LogP contribution in [0.2, 0.25) is 0 Å². The molecule has 1 atom stereocenters. The fourth-order valence-electron chi connectivity index (χ4n) is 1.63. The van der Waals surface area contributed by atoms with Gasteiger partial charge in [-0.15, -0.1) is 0 Å². The number of hydrogen-bond acceptors (Lipinski definition) is 4. The molecule has 0 saturated heterocycles. The van der Waals surface area contributed by atoms with Crippen molar-refractivity contribution < 1.29 is 14.3 Å². The van der Waals surface area contributed by atoms with Crippen LogP contribution >= 0.6 is 0 Å². The van der Waals surface area contributed by atoms with E-state index in [1.165, 1.54) is 0 Å². The molecule has 20 heavy (non-hydrogen) atoms. The monoisotopic (exact) mass is 280 g/mol. The van der Waals surface area contributed by atoms with Crippen LogP contribution in [0.25, 0.3) is 0 Å². The van der Waals surface area contributed by atoms with Crippen LogP contribution in [0.5, 0.6) is 5.75 Å². The van der Waals surface area contributed by atoms with Crippen molar-refractivity contribution in [2.24, 2.45) is 11.7 Å². The highest BCUT2D eigenvalue weighted by Gasteiger charge is 2.06. The first-order valence-electron chi connectivity index (χ1n) is 6.87. The summed E-state index contributed by atoms with van der Waals surface area (Å²) in [5, 5.41) is 2.86. The molecule has 112 valence electrons. The third-order valence-electron chi connectivity index (χ3n) is 2.94. The van der Waals surface area contributed by atoms with E-state index in [0.29, 0.717) is 32.1 Å². The number of rotatable bonds is 9. The molecular weight excluding hydrogens is 256 g/mol. The SMILES string of the molecule is COCCOc1cccc(NC(=O)CCC(C)CN)c1. The minimum Gasteiger partial charge on any atom is -0.491 e. The molecule has 3 N–H and O–H groups in total. The summed E-state index contributed by atoms with van der Waals surface area (Å²) in [4.78, 5) is 11.8. The zero-order chi connectivity index (χ0) is 14.8. The Balaban J connectivity index is 2.42. The summed E-state index contributed by atoms with van der Waals surface area (Å²) in [6.07, 6.45) is 1.28. The van der Waals surface area contributed by atoms with E-state index in [1.807, 2.05) is 25.1 Å². The third-order valence-corrected chi connectivity index (χ3v) is 2.94. The quantitative estimate of drug-likeness (QED) is 0.679. The van der Waals surface area contributed by atoms with E-state index in [2.05, 4.69) is 5.32 Å². The van der Waals surface area contributed by atoms with Crippen molar-refractivity contribution in [2.75, 3.05) is 32.2 Å². The van der Waals surface area contributed by atoms with Crippen molar-refractivity contribution in [3.8, 4) is 5.75 Å².